The van der Waals surface area contributed by atoms with Crippen LogP contribution in [0.15, 0.2) is 42.5 Å². The molecule has 3 rings (SSSR count). The highest BCUT2D eigenvalue weighted by molar-refractivity contribution is 7.91. The van der Waals surface area contributed by atoms with Gasteiger partial charge in [-0.15, -0.1) is 0 Å². The summed E-state index contributed by atoms with van der Waals surface area (Å²) in [7, 11) is -7.24. The first-order valence-corrected chi connectivity index (χ1v) is 12.9. The molecule has 0 fully saturated rings. The van der Waals surface area contributed by atoms with Crippen molar-refractivity contribution in [3.05, 3.63) is 64.7 Å². The number of alkyl halides is 3. The zero-order valence-corrected chi connectivity index (χ0v) is 18.4. The first kappa shape index (κ1) is 23.6. The van der Waals surface area contributed by atoms with Gasteiger partial charge in [-0.25, -0.2) is 16.8 Å². The van der Waals surface area contributed by atoms with Crippen molar-refractivity contribution >= 4 is 25.7 Å². The van der Waals surface area contributed by atoms with E-state index in [1.165, 1.54) is 4.31 Å². The maximum atomic E-state index is 12.7. The van der Waals surface area contributed by atoms with E-state index < -0.39 is 37.5 Å². The van der Waals surface area contributed by atoms with E-state index in [9.17, 15) is 30.0 Å². The highest BCUT2D eigenvalue weighted by atomic mass is 32.2. The maximum Gasteiger partial charge on any atom is 0.416 e. The van der Waals surface area contributed by atoms with Crippen molar-refractivity contribution in [2.24, 2.45) is 0 Å². The van der Waals surface area contributed by atoms with Crippen molar-refractivity contribution < 1.29 is 30.0 Å². The maximum absolute atomic E-state index is 12.7. The number of rotatable bonds is 7. The van der Waals surface area contributed by atoms with Crippen molar-refractivity contribution in [3.63, 3.8) is 0 Å². The van der Waals surface area contributed by atoms with Gasteiger partial charge in [0.15, 0.2) is 0 Å². The van der Waals surface area contributed by atoms with Crippen molar-refractivity contribution in [2.45, 2.75) is 38.2 Å². The molecule has 0 aliphatic carbocycles. The highest BCUT2D eigenvalue weighted by Crippen LogP contribution is 2.29. The lowest BCUT2D eigenvalue weighted by molar-refractivity contribution is -0.137. The zero-order valence-electron chi connectivity index (χ0n) is 16.8. The van der Waals surface area contributed by atoms with E-state index in [2.05, 4.69) is 4.72 Å². The lowest BCUT2D eigenvalue weighted by Crippen LogP contribution is -2.37. The third-order valence-corrected chi connectivity index (χ3v) is 8.23. The Bertz CT molecular complexity index is 1150. The minimum atomic E-state index is -4.49. The van der Waals surface area contributed by atoms with Crippen molar-refractivity contribution in [1.82, 2.24) is 4.31 Å². The fraction of sp³-hybridized carbons (Fsp3) is 0.400. The standard InChI is InChI=1S/C20H23F3N2O4S2/c1-2-11-31(28,29)25-10-9-16-5-8-19(12-17(16)13-25)24-30(26,27)14-15-3-6-18(7-4-15)20(21,22)23/h3-8,12,24H,2,9-11,13-14H2,1H3. The Balaban J connectivity index is 1.73. The number of hydrogen-bond acceptors (Lipinski definition) is 4. The summed E-state index contributed by atoms with van der Waals surface area (Å²) >= 11 is 0. The van der Waals surface area contributed by atoms with Gasteiger partial charge in [-0.2, -0.15) is 17.5 Å². The van der Waals surface area contributed by atoms with E-state index in [4.69, 9.17) is 0 Å². The van der Waals surface area contributed by atoms with Gasteiger partial charge in [0, 0.05) is 18.8 Å². The third kappa shape index (κ3) is 5.98. The van der Waals surface area contributed by atoms with Gasteiger partial charge >= 0.3 is 6.18 Å². The van der Waals surface area contributed by atoms with Crippen LogP contribution in [-0.2, 0) is 44.9 Å². The lowest BCUT2D eigenvalue weighted by Gasteiger charge is -2.28. The largest absolute Gasteiger partial charge is 0.416 e. The van der Waals surface area contributed by atoms with Crippen molar-refractivity contribution in [1.29, 1.82) is 0 Å². The van der Waals surface area contributed by atoms with Gasteiger partial charge in [0.05, 0.1) is 17.1 Å². The molecule has 0 spiro atoms. The molecule has 0 saturated carbocycles. The van der Waals surface area contributed by atoms with Crippen LogP contribution in [0.2, 0.25) is 0 Å². The average molecular weight is 477 g/mol. The molecule has 0 atom stereocenters. The monoisotopic (exact) mass is 476 g/mol. The quantitative estimate of drug-likeness (QED) is 0.660. The van der Waals surface area contributed by atoms with E-state index in [0.717, 1.165) is 35.4 Å². The molecular weight excluding hydrogens is 453 g/mol. The number of sulfonamides is 2. The summed E-state index contributed by atoms with van der Waals surface area (Å²) in [6.45, 7) is 2.35. The Hall–Kier alpha value is -2.11. The van der Waals surface area contributed by atoms with Gasteiger partial charge in [0.25, 0.3) is 0 Å². The van der Waals surface area contributed by atoms with Gasteiger partial charge in [0.1, 0.15) is 0 Å². The van der Waals surface area contributed by atoms with Crippen molar-refractivity contribution in [2.75, 3.05) is 17.0 Å². The molecule has 0 bridgehead atoms. The second-order valence-electron chi connectivity index (χ2n) is 7.44. The number of benzene rings is 2. The summed E-state index contributed by atoms with van der Waals surface area (Å²) in [5, 5.41) is 0. The number of hydrogen-bond donors (Lipinski definition) is 1. The van der Waals surface area contributed by atoms with Crippen LogP contribution in [0.3, 0.4) is 0 Å². The predicted octanol–water partition coefficient (Wildman–Crippen LogP) is 3.75. The van der Waals surface area contributed by atoms with E-state index in [1.807, 2.05) is 0 Å². The molecule has 0 amide bonds. The summed E-state index contributed by atoms with van der Waals surface area (Å²) in [6.07, 6.45) is -3.44. The van der Waals surface area contributed by atoms with Crippen LogP contribution in [0.25, 0.3) is 0 Å². The minimum Gasteiger partial charge on any atom is -0.283 e. The van der Waals surface area contributed by atoms with Crippen molar-refractivity contribution in [3.8, 4) is 0 Å². The second-order valence-corrected chi connectivity index (χ2v) is 11.2. The fourth-order valence-electron chi connectivity index (χ4n) is 3.44. The lowest BCUT2D eigenvalue weighted by atomic mass is 10.0. The molecule has 1 aliphatic rings. The van der Waals surface area contributed by atoms with E-state index in [-0.39, 0.29) is 23.5 Å². The first-order valence-electron chi connectivity index (χ1n) is 9.66. The fourth-order valence-corrected chi connectivity index (χ4v) is 6.11. The molecule has 1 N–H and O–H groups in total. The summed E-state index contributed by atoms with van der Waals surface area (Å²) < 4.78 is 91.5. The molecule has 31 heavy (non-hydrogen) atoms. The van der Waals surface area contributed by atoms with Gasteiger partial charge in [-0.05, 0) is 53.8 Å². The molecule has 0 radical (unpaired) electrons. The van der Waals surface area contributed by atoms with Crippen LogP contribution in [0.4, 0.5) is 18.9 Å². The molecule has 2 aromatic rings. The molecule has 0 saturated heterocycles. The van der Waals surface area contributed by atoms with Gasteiger partial charge in [0.2, 0.25) is 20.0 Å². The van der Waals surface area contributed by atoms with E-state index in [0.29, 0.717) is 19.4 Å². The smallest absolute Gasteiger partial charge is 0.283 e. The second kappa shape index (κ2) is 8.79. The predicted molar refractivity (Wildman–Crippen MR) is 112 cm³/mol. The molecule has 0 aromatic heterocycles. The Kier molecular flexibility index (Phi) is 6.68. The third-order valence-electron chi connectivity index (χ3n) is 4.95. The molecule has 0 unspecified atom stereocenters. The van der Waals surface area contributed by atoms with Crippen LogP contribution in [0, 0.1) is 0 Å². The molecule has 11 heteroatoms. The van der Waals surface area contributed by atoms with Gasteiger partial charge in [-0.1, -0.05) is 25.1 Å². The summed E-state index contributed by atoms with van der Waals surface area (Å²) in [5.74, 6) is -0.430. The van der Waals surface area contributed by atoms with Crippen LogP contribution in [0.5, 0.6) is 0 Å². The van der Waals surface area contributed by atoms with E-state index in [1.54, 1.807) is 25.1 Å². The Morgan fingerprint density at radius 3 is 2.29 bits per heavy atom. The van der Waals surface area contributed by atoms with Crippen LogP contribution in [0.1, 0.15) is 35.6 Å². The number of fused-ring (bicyclic) bond motifs is 1. The number of nitrogens with zero attached hydrogens (tertiary/aromatic N) is 1. The van der Waals surface area contributed by atoms with Gasteiger partial charge < -0.3 is 0 Å². The molecule has 1 heterocycles. The van der Waals surface area contributed by atoms with Crippen LogP contribution < -0.4 is 4.72 Å². The molecular formula is C20H23F3N2O4S2. The Morgan fingerprint density at radius 2 is 1.68 bits per heavy atom. The highest BCUT2D eigenvalue weighted by Gasteiger charge is 2.30. The van der Waals surface area contributed by atoms with Crippen LogP contribution in [-0.4, -0.2) is 33.4 Å². The normalized spacial score (nSPS) is 15.5. The number of anilines is 1. The molecule has 2 aromatic carbocycles. The summed E-state index contributed by atoms with van der Waals surface area (Å²) in [6, 6.07) is 8.91. The number of nitrogens with one attached hydrogen (secondary N) is 1. The Morgan fingerprint density at radius 1 is 1.00 bits per heavy atom. The Labute approximate surface area is 180 Å². The average Bonchev–Trinajstić information content (AvgIpc) is 2.66. The summed E-state index contributed by atoms with van der Waals surface area (Å²) in [5.41, 5.74) is 1.32. The molecule has 1 aliphatic heterocycles. The SMILES string of the molecule is CCCS(=O)(=O)N1CCc2ccc(NS(=O)(=O)Cc3ccc(C(F)(F)F)cc3)cc2C1. The first-order chi connectivity index (χ1) is 14.4. The number of halogens is 3. The minimum absolute atomic E-state index is 0.0573. The zero-order chi connectivity index (χ0) is 22.9. The van der Waals surface area contributed by atoms with E-state index >= 15 is 0 Å². The van der Waals surface area contributed by atoms with Gasteiger partial charge in [-0.3, -0.25) is 4.72 Å². The molecule has 170 valence electrons. The summed E-state index contributed by atoms with van der Waals surface area (Å²) in [4.78, 5) is 0. The molecule has 6 nitrogen and oxygen atoms in total. The van der Waals surface area contributed by atoms with Crippen LogP contribution >= 0.6 is 0 Å². The topological polar surface area (TPSA) is 83.6 Å².